The highest BCUT2D eigenvalue weighted by Gasteiger charge is 2.72. The Kier molecular flexibility index (Phi) is 8.38. The van der Waals surface area contributed by atoms with E-state index in [1.165, 1.54) is 5.57 Å². The molecule has 0 aliphatic heterocycles. The van der Waals surface area contributed by atoms with Crippen molar-refractivity contribution in [2.45, 2.75) is 104 Å². The van der Waals surface area contributed by atoms with Gasteiger partial charge in [-0.3, -0.25) is 14.8 Å². The van der Waals surface area contributed by atoms with Gasteiger partial charge in [0.2, 0.25) is 0 Å². The van der Waals surface area contributed by atoms with Crippen LogP contribution in [0.2, 0.25) is 0 Å². The molecule has 6 nitrogen and oxygen atoms in total. The van der Waals surface area contributed by atoms with Crippen LogP contribution in [0.5, 0.6) is 0 Å². The van der Waals surface area contributed by atoms with Gasteiger partial charge < -0.3 is 9.84 Å². The van der Waals surface area contributed by atoms with Crippen molar-refractivity contribution in [3.8, 4) is 17.2 Å². The van der Waals surface area contributed by atoms with Crippen molar-refractivity contribution in [2.75, 3.05) is 6.61 Å². The standard InChI is InChI=1S/C46H55N3O3/c1-29(2)33-17-20-46(41(51)52-27-30-11-13-31(14-12-30)34-10-8-7-9-32(34)26-47)22-21-44(5)35(39(33)46)15-16-38-42(3)25-36-40(49-24-23-48-36)43(4,28-50)37(42)18-19-45(38,44)6/h7-14,23-24,33,35,37-39,50H,1,15-22,25,27-28H2,2-6H3/t33-,35+,37+,38+,39+,42-,43-,44+,45+,46-/m0/s1. The Balaban J connectivity index is 1.07. The van der Waals surface area contributed by atoms with E-state index in [1.54, 1.807) is 6.20 Å². The van der Waals surface area contributed by atoms with E-state index in [1.807, 2.05) is 54.7 Å². The number of benzene rings is 2. The van der Waals surface area contributed by atoms with E-state index in [2.05, 4.69) is 47.3 Å². The monoisotopic (exact) mass is 697 g/mol. The lowest BCUT2D eigenvalue weighted by Gasteiger charge is -2.72. The number of hydrogen-bond acceptors (Lipinski definition) is 6. The molecule has 10 atom stereocenters. The summed E-state index contributed by atoms with van der Waals surface area (Å²) in [7, 11) is 0. The molecule has 6 heteroatoms. The predicted molar refractivity (Wildman–Crippen MR) is 203 cm³/mol. The number of hydrogen-bond donors (Lipinski definition) is 1. The average molecular weight is 698 g/mol. The molecule has 272 valence electrons. The number of carbonyl (C=O) groups excluding carboxylic acids is 1. The summed E-state index contributed by atoms with van der Waals surface area (Å²) >= 11 is 0. The lowest BCUT2D eigenvalue weighted by atomic mass is 9.32. The van der Waals surface area contributed by atoms with E-state index in [0.717, 1.165) is 85.9 Å². The molecule has 5 aliphatic rings. The van der Waals surface area contributed by atoms with E-state index in [9.17, 15) is 15.2 Å². The number of aliphatic hydroxyl groups excluding tert-OH is 1. The number of carbonyl (C=O) groups is 1. The highest BCUT2D eigenvalue weighted by Crippen LogP contribution is 2.77. The second kappa shape index (κ2) is 12.4. The van der Waals surface area contributed by atoms with Crippen molar-refractivity contribution >= 4 is 5.97 Å². The first-order chi connectivity index (χ1) is 24.9. The van der Waals surface area contributed by atoms with Crippen LogP contribution >= 0.6 is 0 Å². The maximum Gasteiger partial charge on any atom is 0.312 e. The van der Waals surface area contributed by atoms with Crippen LogP contribution < -0.4 is 0 Å². The van der Waals surface area contributed by atoms with Crippen LogP contribution in [0.3, 0.4) is 0 Å². The lowest BCUT2D eigenvalue weighted by Crippen LogP contribution is -2.67. The molecule has 0 unspecified atom stereocenters. The van der Waals surface area contributed by atoms with Crippen LogP contribution in [0.4, 0.5) is 0 Å². The van der Waals surface area contributed by atoms with Crippen molar-refractivity contribution in [3.05, 3.63) is 95.6 Å². The topological polar surface area (TPSA) is 96.1 Å². The number of aromatic nitrogens is 2. The SMILES string of the molecule is C=C(C)[C@@H]1CC[C@]2(C(=O)OCc3ccc(-c4ccccc4C#N)cc3)CC[C@]3(C)[C@H](CC[C@@H]4[C@@]5(C)Cc6nccnc6[C@@](C)(CO)[C@@H]5CC[C@]43C)[C@@H]12. The molecule has 1 heterocycles. The Labute approximate surface area is 310 Å². The summed E-state index contributed by atoms with van der Waals surface area (Å²) in [6, 6.07) is 18.0. The molecule has 1 aromatic heterocycles. The average Bonchev–Trinajstić information content (AvgIpc) is 3.56. The minimum absolute atomic E-state index is 0.00459. The molecule has 3 aromatic rings. The summed E-state index contributed by atoms with van der Waals surface area (Å²) in [5.41, 5.74) is 6.07. The molecule has 0 amide bonds. The zero-order valence-electron chi connectivity index (χ0n) is 31.8. The maximum atomic E-state index is 14.6. The molecule has 1 N–H and O–H groups in total. The second-order valence-corrected chi connectivity index (χ2v) is 18.4. The minimum atomic E-state index is -0.488. The lowest BCUT2D eigenvalue weighted by molar-refractivity contribution is -0.231. The highest BCUT2D eigenvalue weighted by molar-refractivity contribution is 5.78. The van der Waals surface area contributed by atoms with E-state index in [0.29, 0.717) is 29.2 Å². The maximum absolute atomic E-state index is 14.6. The van der Waals surface area contributed by atoms with Gasteiger partial charge in [0.1, 0.15) is 6.61 Å². The van der Waals surface area contributed by atoms with Crippen molar-refractivity contribution in [1.82, 2.24) is 9.97 Å². The zero-order chi connectivity index (χ0) is 36.7. The summed E-state index contributed by atoms with van der Waals surface area (Å²) in [6.07, 6.45) is 12.7. The van der Waals surface area contributed by atoms with Crippen molar-refractivity contribution in [1.29, 1.82) is 5.26 Å². The number of esters is 1. The molecule has 0 bridgehead atoms. The fourth-order valence-corrected chi connectivity index (χ4v) is 13.7. The summed E-state index contributed by atoms with van der Waals surface area (Å²) in [5, 5.41) is 20.6. The molecular weight excluding hydrogens is 643 g/mol. The number of rotatable bonds is 6. The first-order valence-corrected chi connectivity index (χ1v) is 19.7. The van der Waals surface area contributed by atoms with E-state index in [-0.39, 0.29) is 41.3 Å². The molecule has 0 radical (unpaired) electrons. The van der Waals surface area contributed by atoms with Gasteiger partial charge in [0.05, 0.1) is 35.0 Å². The normalized spacial score (nSPS) is 38.8. The molecule has 5 aliphatic carbocycles. The molecule has 4 fully saturated rings. The Morgan fingerprint density at radius 3 is 2.40 bits per heavy atom. The summed E-state index contributed by atoms with van der Waals surface area (Å²) in [5.74, 6) is 1.77. The molecular formula is C46H55N3O3. The number of ether oxygens (including phenoxy) is 1. The predicted octanol–water partition coefficient (Wildman–Crippen LogP) is 9.40. The Morgan fingerprint density at radius 1 is 0.923 bits per heavy atom. The number of nitriles is 1. The van der Waals surface area contributed by atoms with Crippen LogP contribution in [-0.2, 0) is 28.0 Å². The largest absolute Gasteiger partial charge is 0.460 e. The minimum Gasteiger partial charge on any atom is -0.460 e. The van der Waals surface area contributed by atoms with Gasteiger partial charge in [-0.25, -0.2) is 0 Å². The van der Waals surface area contributed by atoms with Gasteiger partial charge in [0.25, 0.3) is 0 Å². The van der Waals surface area contributed by atoms with Crippen LogP contribution in [0, 0.1) is 62.6 Å². The van der Waals surface area contributed by atoms with Gasteiger partial charge in [0, 0.05) is 17.8 Å². The molecule has 2 aromatic carbocycles. The van der Waals surface area contributed by atoms with Gasteiger partial charge in [-0.2, -0.15) is 5.26 Å². The van der Waals surface area contributed by atoms with Gasteiger partial charge in [-0.05, 0) is 133 Å². The Hall–Kier alpha value is -3.82. The molecule has 0 spiro atoms. The van der Waals surface area contributed by atoms with Crippen LogP contribution in [0.25, 0.3) is 11.1 Å². The van der Waals surface area contributed by atoms with Gasteiger partial charge in [-0.1, -0.05) is 82.3 Å². The highest BCUT2D eigenvalue weighted by atomic mass is 16.5. The quantitative estimate of drug-likeness (QED) is 0.204. The molecule has 52 heavy (non-hydrogen) atoms. The first-order valence-electron chi connectivity index (χ1n) is 19.7. The second-order valence-electron chi connectivity index (χ2n) is 18.4. The van der Waals surface area contributed by atoms with Crippen LogP contribution in [0.1, 0.15) is 109 Å². The number of allylic oxidation sites excluding steroid dienone is 1. The van der Waals surface area contributed by atoms with Crippen molar-refractivity contribution in [2.24, 2.45) is 51.2 Å². The van der Waals surface area contributed by atoms with Crippen molar-refractivity contribution < 1.29 is 14.6 Å². The fourth-order valence-electron chi connectivity index (χ4n) is 13.7. The number of nitrogens with zero attached hydrogens (tertiary/aromatic N) is 3. The third-order valence-electron chi connectivity index (χ3n) is 16.4. The van der Waals surface area contributed by atoms with Gasteiger partial charge in [-0.15, -0.1) is 0 Å². The summed E-state index contributed by atoms with van der Waals surface area (Å²) in [6.45, 7) is 17.0. The van der Waals surface area contributed by atoms with Gasteiger partial charge >= 0.3 is 5.97 Å². The third-order valence-corrected chi connectivity index (χ3v) is 16.4. The summed E-state index contributed by atoms with van der Waals surface area (Å²) < 4.78 is 6.33. The zero-order valence-corrected chi connectivity index (χ0v) is 31.8. The fraction of sp³-hybridized carbons (Fsp3) is 0.565. The van der Waals surface area contributed by atoms with Crippen molar-refractivity contribution in [3.63, 3.8) is 0 Å². The smallest absolute Gasteiger partial charge is 0.312 e. The van der Waals surface area contributed by atoms with E-state index in [4.69, 9.17) is 14.7 Å². The van der Waals surface area contributed by atoms with E-state index < -0.39 is 10.8 Å². The van der Waals surface area contributed by atoms with Crippen LogP contribution in [0.15, 0.2) is 73.1 Å². The number of fused-ring (bicyclic) bond motifs is 8. The molecule has 0 saturated heterocycles. The van der Waals surface area contributed by atoms with Gasteiger partial charge in [0.15, 0.2) is 0 Å². The molecule has 4 saturated carbocycles. The Morgan fingerprint density at radius 2 is 1.67 bits per heavy atom. The first kappa shape index (κ1) is 35.2. The van der Waals surface area contributed by atoms with Crippen LogP contribution in [-0.4, -0.2) is 27.7 Å². The molecule has 8 rings (SSSR count). The Bertz CT molecular complexity index is 1950. The third kappa shape index (κ3) is 4.80. The number of aliphatic hydroxyl groups is 1. The van der Waals surface area contributed by atoms with E-state index >= 15 is 0 Å². The summed E-state index contributed by atoms with van der Waals surface area (Å²) in [4.78, 5) is 24.3.